The molecule has 0 saturated heterocycles. The van der Waals surface area contributed by atoms with Gasteiger partial charge >= 0.3 is 17.7 Å². The van der Waals surface area contributed by atoms with Gasteiger partial charge in [-0.1, -0.05) is 6.92 Å². The number of esters is 1. The summed E-state index contributed by atoms with van der Waals surface area (Å²) < 4.78 is 10.3. The number of allylic oxidation sites excluding steroid dienone is 1. The Morgan fingerprint density at radius 2 is 2.07 bits per heavy atom. The van der Waals surface area contributed by atoms with Crippen LogP contribution >= 0.6 is 0 Å². The standard InChI is InChI=1S/C17H21N3O7/c1-5-10-13(16(22)27-8(2)3)14(19-17(23)18-10)9-6-11(20(24)25)15(21)12(7-9)26-4/h6-8,14,21H,5H2,1-4H3,(H2,18,19,23). The van der Waals surface area contributed by atoms with Crippen LogP contribution in [0.5, 0.6) is 11.5 Å². The van der Waals surface area contributed by atoms with Crippen molar-refractivity contribution < 1.29 is 29.1 Å². The average molecular weight is 379 g/mol. The maximum Gasteiger partial charge on any atom is 0.338 e. The molecule has 0 fully saturated rings. The molecule has 1 aliphatic rings. The number of amides is 2. The van der Waals surface area contributed by atoms with Crippen LogP contribution in [0.15, 0.2) is 23.4 Å². The van der Waals surface area contributed by atoms with E-state index >= 15 is 0 Å². The number of carbonyl (C=O) groups is 2. The minimum atomic E-state index is -1.01. The second kappa shape index (κ2) is 7.94. The highest BCUT2D eigenvalue weighted by Gasteiger charge is 2.35. The van der Waals surface area contributed by atoms with Gasteiger partial charge in [0.05, 0.1) is 29.8 Å². The molecule has 0 spiro atoms. The minimum absolute atomic E-state index is 0.132. The summed E-state index contributed by atoms with van der Waals surface area (Å²) >= 11 is 0. The number of hydrogen-bond acceptors (Lipinski definition) is 7. The van der Waals surface area contributed by atoms with Crippen molar-refractivity contribution in [3.8, 4) is 11.5 Å². The Kier molecular flexibility index (Phi) is 5.88. The molecule has 1 unspecified atom stereocenters. The summed E-state index contributed by atoms with van der Waals surface area (Å²) in [5.41, 5.74) is 0.0801. The predicted molar refractivity (Wildman–Crippen MR) is 94.3 cm³/mol. The molecule has 0 aliphatic carbocycles. The van der Waals surface area contributed by atoms with E-state index in [1.165, 1.54) is 13.2 Å². The van der Waals surface area contributed by atoms with E-state index in [4.69, 9.17) is 9.47 Å². The molecule has 2 rings (SSSR count). The van der Waals surface area contributed by atoms with Crippen molar-refractivity contribution in [1.29, 1.82) is 0 Å². The number of hydrogen-bond donors (Lipinski definition) is 3. The van der Waals surface area contributed by atoms with Crippen LogP contribution in [0.1, 0.15) is 38.8 Å². The Bertz CT molecular complexity index is 817. The molecule has 0 bridgehead atoms. The van der Waals surface area contributed by atoms with E-state index in [1.54, 1.807) is 20.8 Å². The lowest BCUT2D eigenvalue weighted by atomic mass is 9.93. The Morgan fingerprint density at radius 3 is 2.59 bits per heavy atom. The number of benzene rings is 1. The molecule has 1 aromatic rings. The van der Waals surface area contributed by atoms with E-state index < -0.39 is 40.5 Å². The van der Waals surface area contributed by atoms with Gasteiger partial charge in [0.25, 0.3) is 0 Å². The molecule has 1 aliphatic heterocycles. The minimum Gasteiger partial charge on any atom is -0.500 e. The third-order valence-electron chi connectivity index (χ3n) is 3.90. The van der Waals surface area contributed by atoms with Gasteiger partial charge < -0.3 is 25.2 Å². The van der Waals surface area contributed by atoms with Crippen molar-refractivity contribution >= 4 is 17.7 Å². The van der Waals surface area contributed by atoms with Crippen LogP contribution in [0.2, 0.25) is 0 Å². The average Bonchev–Trinajstić information content (AvgIpc) is 2.59. The lowest BCUT2D eigenvalue weighted by molar-refractivity contribution is -0.386. The first-order chi connectivity index (χ1) is 12.7. The summed E-state index contributed by atoms with van der Waals surface area (Å²) in [6.07, 6.45) is -0.0610. The van der Waals surface area contributed by atoms with Crippen LogP contribution < -0.4 is 15.4 Å². The summed E-state index contributed by atoms with van der Waals surface area (Å²) in [5, 5.41) is 26.3. The number of aromatic hydroxyl groups is 1. The molecule has 0 radical (unpaired) electrons. The maximum absolute atomic E-state index is 12.6. The quantitative estimate of drug-likeness (QED) is 0.391. The van der Waals surface area contributed by atoms with Gasteiger partial charge in [-0.15, -0.1) is 0 Å². The monoisotopic (exact) mass is 379 g/mol. The van der Waals surface area contributed by atoms with Gasteiger partial charge in [-0.2, -0.15) is 0 Å². The maximum atomic E-state index is 12.6. The van der Waals surface area contributed by atoms with Crippen molar-refractivity contribution in [2.75, 3.05) is 7.11 Å². The number of methoxy groups -OCH3 is 1. The zero-order valence-electron chi connectivity index (χ0n) is 15.4. The fourth-order valence-corrected chi connectivity index (χ4v) is 2.74. The van der Waals surface area contributed by atoms with E-state index in [0.29, 0.717) is 12.1 Å². The van der Waals surface area contributed by atoms with Crippen LogP contribution in [0.4, 0.5) is 10.5 Å². The number of nitro groups is 1. The highest BCUT2D eigenvalue weighted by molar-refractivity contribution is 5.95. The third kappa shape index (κ3) is 4.10. The summed E-state index contributed by atoms with van der Waals surface area (Å²) in [7, 11) is 1.24. The molecule has 1 heterocycles. The number of carbonyl (C=O) groups excluding carboxylic acids is 2. The molecule has 0 aromatic heterocycles. The molecule has 1 atom stereocenters. The number of phenolic OH excluding ortho intramolecular Hbond substituents is 1. The molecule has 146 valence electrons. The lowest BCUT2D eigenvalue weighted by Gasteiger charge is -2.29. The van der Waals surface area contributed by atoms with Gasteiger partial charge in [0.2, 0.25) is 5.75 Å². The molecule has 27 heavy (non-hydrogen) atoms. The highest BCUT2D eigenvalue weighted by atomic mass is 16.6. The Hall–Kier alpha value is -3.30. The van der Waals surface area contributed by atoms with Gasteiger partial charge in [-0.25, -0.2) is 9.59 Å². The zero-order valence-corrected chi connectivity index (χ0v) is 15.4. The second-order valence-corrected chi connectivity index (χ2v) is 6.08. The first-order valence-electron chi connectivity index (χ1n) is 8.26. The van der Waals surface area contributed by atoms with Gasteiger partial charge in [0, 0.05) is 11.8 Å². The number of rotatable bonds is 6. The molecule has 10 heteroatoms. The van der Waals surface area contributed by atoms with Crippen molar-refractivity contribution in [1.82, 2.24) is 10.6 Å². The fourth-order valence-electron chi connectivity index (χ4n) is 2.74. The summed E-state index contributed by atoms with van der Waals surface area (Å²) in [4.78, 5) is 35.1. The van der Waals surface area contributed by atoms with Crippen LogP contribution in [0.3, 0.4) is 0 Å². The van der Waals surface area contributed by atoms with E-state index in [-0.39, 0.29) is 16.9 Å². The Balaban J connectivity index is 2.66. The van der Waals surface area contributed by atoms with Crippen LogP contribution in [0, 0.1) is 10.1 Å². The topological polar surface area (TPSA) is 140 Å². The van der Waals surface area contributed by atoms with E-state index in [2.05, 4.69) is 10.6 Å². The van der Waals surface area contributed by atoms with Crippen molar-refractivity contribution in [3.63, 3.8) is 0 Å². The van der Waals surface area contributed by atoms with Gasteiger partial charge in [0.15, 0.2) is 5.75 Å². The molecule has 10 nitrogen and oxygen atoms in total. The first kappa shape index (κ1) is 20.0. The SMILES string of the molecule is CCC1=C(C(=O)OC(C)C)C(c2cc(OC)c(O)c([N+](=O)[O-])c2)NC(=O)N1. The molecule has 2 amide bonds. The van der Waals surface area contributed by atoms with Crippen LogP contribution in [-0.2, 0) is 9.53 Å². The predicted octanol–water partition coefficient (Wildman–Crippen LogP) is 2.28. The molecular formula is C17H21N3O7. The van der Waals surface area contributed by atoms with Gasteiger partial charge in [0.1, 0.15) is 0 Å². The Morgan fingerprint density at radius 1 is 1.41 bits per heavy atom. The molecular weight excluding hydrogens is 358 g/mol. The highest BCUT2D eigenvalue weighted by Crippen LogP contribution is 2.40. The number of phenols is 1. The summed E-state index contributed by atoms with van der Waals surface area (Å²) in [6, 6.07) is 0.847. The van der Waals surface area contributed by atoms with Gasteiger partial charge in [-0.3, -0.25) is 10.1 Å². The number of nitro benzene ring substituents is 1. The number of nitrogens with zero attached hydrogens (tertiary/aromatic N) is 1. The molecule has 1 aromatic carbocycles. The van der Waals surface area contributed by atoms with E-state index in [9.17, 15) is 24.8 Å². The second-order valence-electron chi connectivity index (χ2n) is 6.08. The zero-order chi connectivity index (χ0) is 20.3. The van der Waals surface area contributed by atoms with Crippen LogP contribution in [0.25, 0.3) is 0 Å². The van der Waals surface area contributed by atoms with Crippen molar-refractivity contribution in [3.05, 3.63) is 39.1 Å². The fraction of sp³-hybridized carbons (Fsp3) is 0.412. The smallest absolute Gasteiger partial charge is 0.338 e. The summed E-state index contributed by atoms with van der Waals surface area (Å²) in [5.74, 6) is -1.45. The number of urea groups is 1. The number of nitrogens with one attached hydrogen (secondary N) is 2. The first-order valence-corrected chi connectivity index (χ1v) is 8.26. The third-order valence-corrected chi connectivity index (χ3v) is 3.90. The van der Waals surface area contributed by atoms with E-state index in [1.807, 2.05) is 0 Å². The van der Waals surface area contributed by atoms with Crippen LogP contribution in [-0.4, -0.2) is 35.2 Å². The van der Waals surface area contributed by atoms with Gasteiger partial charge in [-0.05, 0) is 31.9 Å². The normalized spacial score (nSPS) is 16.6. The Labute approximate surface area is 155 Å². The number of ether oxygens (including phenoxy) is 2. The lowest BCUT2D eigenvalue weighted by Crippen LogP contribution is -2.46. The summed E-state index contributed by atoms with van der Waals surface area (Å²) in [6.45, 7) is 5.12. The largest absolute Gasteiger partial charge is 0.500 e. The molecule has 3 N–H and O–H groups in total. The van der Waals surface area contributed by atoms with Crippen molar-refractivity contribution in [2.24, 2.45) is 0 Å². The molecule has 0 saturated carbocycles. The van der Waals surface area contributed by atoms with Crippen molar-refractivity contribution in [2.45, 2.75) is 39.3 Å². The van der Waals surface area contributed by atoms with E-state index in [0.717, 1.165) is 6.07 Å².